The van der Waals surface area contributed by atoms with Gasteiger partial charge in [0, 0.05) is 18.7 Å². The van der Waals surface area contributed by atoms with Gasteiger partial charge in [-0.15, -0.1) is 0 Å². The number of benzene rings is 1. The molecule has 4 nitrogen and oxygen atoms in total. The number of hydrogen-bond donors (Lipinski definition) is 1. The Morgan fingerprint density at radius 3 is 2.84 bits per heavy atom. The molecule has 1 aromatic carbocycles. The van der Waals surface area contributed by atoms with E-state index in [0.717, 1.165) is 0 Å². The molecule has 1 amide bonds. The Morgan fingerprint density at radius 2 is 2.16 bits per heavy atom. The van der Waals surface area contributed by atoms with Crippen molar-refractivity contribution in [1.82, 2.24) is 4.90 Å². The van der Waals surface area contributed by atoms with Gasteiger partial charge in [-0.1, -0.05) is 11.8 Å². The van der Waals surface area contributed by atoms with Crippen molar-refractivity contribution in [1.29, 1.82) is 0 Å². The largest absolute Gasteiger partial charge is 0.378 e. The molecule has 2 rings (SSSR count). The Balaban J connectivity index is 2.24. The van der Waals surface area contributed by atoms with E-state index in [1.165, 1.54) is 18.2 Å². The summed E-state index contributed by atoms with van der Waals surface area (Å²) < 4.78 is 18.9. The van der Waals surface area contributed by atoms with Gasteiger partial charge in [-0.3, -0.25) is 4.79 Å². The summed E-state index contributed by atoms with van der Waals surface area (Å²) in [5, 5.41) is 0. The van der Waals surface area contributed by atoms with Gasteiger partial charge in [0.2, 0.25) is 0 Å². The van der Waals surface area contributed by atoms with Gasteiger partial charge in [0.15, 0.2) is 0 Å². The van der Waals surface area contributed by atoms with Crippen LogP contribution in [-0.2, 0) is 4.74 Å². The van der Waals surface area contributed by atoms with Crippen molar-refractivity contribution >= 4 is 5.91 Å². The van der Waals surface area contributed by atoms with Gasteiger partial charge in [0.1, 0.15) is 5.82 Å². The number of carbonyl (C=O) groups is 1. The van der Waals surface area contributed by atoms with E-state index in [1.54, 1.807) is 4.90 Å². The van der Waals surface area contributed by atoms with Crippen molar-refractivity contribution in [2.75, 3.05) is 32.8 Å². The number of morpholine rings is 1. The van der Waals surface area contributed by atoms with Gasteiger partial charge >= 0.3 is 0 Å². The molecule has 0 radical (unpaired) electrons. The molecule has 2 N–H and O–H groups in total. The molecule has 0 bridgehead atoms. The van der Waals surface area contributed by atoms with Crippen LogP contribution in [-0.4, -0.2) is 43.7 Å². The number of carbonyl (C=O) groups excluding carboxylic acids is 1. The third kappa shape index (κ3) is 3.31. The zero-order valence-corrected chi connectivity index (χ0v) is 10.5. The van der Waals surface area contributed by atoms with Crippen LogP contribution in [0.15, 0.2) is 18.2 Å². The topological polar surface area (TPSA) is 55.6 Å². The molecule has 0 aromatic heterocycles. The zero-order valence-electron chi connectivity index (χ0n) is 10.5. The molecule has 0 spiro atoms. The van der Waals surface area contributed by atoms with E-state index < -0.39 is 5.82 Å². The molecule has 5 heteroatoms. The highest BCUT2D eigenvalue weighted by Gasteiger charge is 2.21. The minimum Gasteiger partial charge on any atom is -0.378 e. The van der Waals surface area contributed by atoms with Crippen molar-refractivity contribution in [3.05, 3.63) is 35.1 Å². The van der Waals surface area contributed by atoms with Crippen molar-refractivity contribution in [3.63, 3.8) is 0 Å². The molecule has 1 aliphatic heterocycles. The summed E-state index contributed by atoms with van der Waals surface area (Å²) in [4.78, 5) is 13.8. The zero-order chi connectivity index (χ0) is 13.7. The first kappa shape index (κ1) is 13.5. The van der Waals surface area contributed by atoms with Crippen LogP contribution >= 0.6 is 0 Å². The molecule has 1 aromatic rings. The van der Waals surface area contributed by atoms with Gasteiger partial charge in [-0.05, 0) is 18.2 Å². The van der Waals surface area contributed by atoms with Crippen LogP contribution in [0, 0.1) is 17.7 Å². The lowest BCUT2D eigenvalue weighted by Gasteiger charge is -2.27. The average molecular weight is 262 g/mol. The van der Waals surface area contributed by atoms with Crippen molar-refractivity contribution in [3.8, 4) is 11.8 Å². The van der Waals surface area contributed by atoms with E-state index in [0.29, 0.717) is 31.9 Å². The number of halogens is 1. The lowest BCUT2D eigenvalue weighted by Crippen LogP contribution is -2.41. The van der Waals surface area contributed by atoms with Gasteiger partial charge in [0.05, 0.1) is 25.3 Å². The van der Waals surface area contributed by atoms with E-state index >= 15 is 0 Å². The van der Waals surface area contributed by atoms with Crippen LogP contribution < -0.4 is 5.73 Å². The molecule has 0 atom stereocenters. The first-order valence-corrected chi connectivity index (χ1v) is 6.08. The quantitative estimate of drug-likeness (QED) is 0.754. The van der Waals surface area contributed by atoms with Crippen LogP contribution in [0.5, 0.6) is 0 Å². The summed E-state index contributed by atoms with van der Waals surface area (Å²) in [6.45, 7) is 2.16. The van der Waals surface area contributed by atoms with Crippen molar-refractivity contribution in [2.45, 2.75) is 0 Å². The lowest BCUT2D eigenvalue weighted by atomic mass is 10.1. The fourth-order valence-electron chi connectivity index (χ4n) is 1.86. The highest BCUT2D eigenvalue weighted by atomic mass is 19.1. The minimum absolute atomic E-state index is 0.0470. The third-order valence-electron chi connectivity index (χ3n) is 2.83. The first-order valence-electron chi connectivity index (χ1n) is 6.08. The summed E-state index contributed by atoms with van der Waals surface area (Å²) in [6.07, 6.45) is 0. The Hall–Kier alpha value is -1.90. The highest BCUT2D eigenvalue weighted by Crippen LogP contribution is 2.14. The summed E-state index contributed by atoms with van der Waals surface area (Å²) >= 11 is 0. The summed E-state index contributed by atoms with van der Waals surface area (Å²) in [6, 6.07) is 4.26. The summed E-state index contributed by atoms with van der Waals surface area (Å²) in [5.74, 6) is 4.62. The Morgan fingerprint density at radius 1 is 1.42 bits per heavy atom. The molecule has 1 saturated heterocycles. The van der Waals surface area contributed by atoms with Gasteiger partial charge in [0.25, 0.3) is 5.91 Å². The second-order valence-corrected chi connectivity index (χ2v) is 4.11. The monoisotopic (exact) mass is 262 g/mol. The number of ether oxygens (including phenoxy) is 1. The predicted octanol–water partition coefficient (Wildman–Crippen LogP) is 0.608. The van der Waals surface area contributed by atoms with E-state index in [1.807, 2.05) is 0 Å². The molecule has 1 heterocycles. The molecule has 0 saturated carbocycles. The molecule has 1 aliphatic rings. The smallest absolute Gasteiger partial charge is 0.257 e. The van der Waals surface area contributed by atoms with Gasteiger partial charge in [-0.2, -0.15) is 0 Å². The molecule has 100 valence electrons. The molecule has 0 unspecified atom stereocenters. The maximum Gasteiger partial charge on any atom is 0.257 e. The average Bonchev–Trinajstić information content (AvgIpc) is 2.46. The maximum absolute atomic E-state index is 13.7. The Labute approximate surface area is 111 Å². The molecule has 19 heavy (non-hydrogen) atoms. The number of hydrogen-bond acceptors (Lipinski definition) is 3. The van der Waals surface area contributed by atoms with Crippen molar-refractivity contribution < 1.29 is 13.9 Å². The standard InChI is InChI=1S/C14H15FN2O2/c15-13-4-3-11(2-1-5-16)10-12(13)14(18)17-6-8-19-9-7-17/h3-4,10H,5-9,16H2. The second-order valence-electron chi connectivity index (χ2n) is 4.11. The first-order chi connectivity index (χ1) is 9.22. The van der Waals surface area contributed by atoms with Crippen LogP contribution in [0.2, 0.25) is 0 Å². The molecule has 0 aliphatic carbocycles. The Bertz CT molecular complexity index is 528. The Kier molecular flexibility index (Phi) is 4.50. The molecular formula is C14H15FN2O2. The lowest BCUT2D eigenvalue weighted by molar-refractivity contribution is 0.0300. The highest BCUT2D eigenvalue weighted by molar-refractivity contribution is 5.95. The fraction of sp³-hybridized carbons (Fsp3) is 0.357. The SMILES string of the molecule is NCC#Cc1ccc(F)c(C(=O)N2CCOCC2)c1. The van der Waals surface area contributed by atoms with Gasteiger partial charge in [-0.25, -0.2) is 4.39 Å². The van der Waals surface area contributed by atoms with E-state index in [2.05, 4.69) is 11.8 Å². The van der Waals surface area contributed by atoms with Crippen LogP contribution in [0.1, 0.15) is 15.9 Å². The van der Waals surface area contributed by atoms with E-state index in [4.69, 9.17) is 10.5 Å². The maximum atomic E-state index is 13.7. The minimum atomic E-state index is -0.533. The number of nitrogens with zero attached hydrogens (tertiary/aromatic N) is 1. The van der Waals surface area contributed by atoms with Crippen LogP contribution in [0.3, 0.4) is 0 Å². The third-order valence-corrected chi connectivity index (χ3v) is 2.83. The summed E-state index contributed by atoms with van der Waals surface area (Å²) in [5.41, 5.74) is 5.92. The van der Waals surface area contributed by atoms with E-state index in [-0.39, 0.29) is 18.0 Å². The summed E-state index contributed by atoms with van der Waals surface area (Å²) in [7, 11) is 0. The predicted molar refractivity (Wildman–Crippen MR) is 69.1 cm³/mol. The number of nitrogens with two attached hydrogens (primary N) is 1. The fourth-order valence-corrected chi connectivity index (χ4v) is 1.86. The van der Waals surface area contributed by atoms with Crippen LogP contribution in [0.4, 0.5) is 4.39 Å². The second kappa shape index (κ2) is 6.32. The number of amides is 1. The molecule has 1 fully saturated rings. The van der Waals surface area contributed by atoms with Crippen LogP contribution in [0.25, 0.3) is 0 Å². The number of rotatable bonds is 1. The normalized spacial score (nSPS) is 14.7. The van der Waals surface area contributed by atoms with Crippen molar-refractivity contribution in [2.24, 2.45) is 5.73 Å². The van der Waals surface area contributed by atoms with E-state index in [9.17, 15) is 9.18 Å². The van der Waals surface area contributed by atoms with Gasteiger partial charge < -0.3 is 15.4 Å². The molecular weight excluding hydrogens is 247 g/mol.